The topological polar surface area (TPSA) is 36.6 Å². The largest absolute Gasteiger partial charge is 0.360 e. The number of nitrogens with one attached hydrogen (secondary N) is 2. The van der Waals surface area contributed by atoms with Crippen molar-refractivity contribution in [3.8, 4) is 0 Å². The molecule has 62 valence electrons. The average Bonchev–Trinajstić information content (AvgIpc) is 2.42. The molecule has 11 heavy (non-hydrogen) atoms. The third kappa shape index (κ3) is 0.643. The summed E-state index contributed by atoms with van der Waals surface area (Å²) in [6.45, 7) is 2.01. The fourth-order valence-corrected chi connectivity index (χ4v) is 2.72. The van der Waals surface area contributed by atoms with Crippen molar-refractivity contribution in [2.24, 2.45) is 0 Å². The first-order chi connectivity index (χ1) is 5.37. The molecule has 3 fully saturated rings. The third-order valence-corrected chi connectivity index (χ3v) is 3.46. The van der Waals surface area contributed by atoms with Gasteiger partial charge in [0, 0.05) is 13.1 Å². The molecule has 2 heterocycles. The molecule has 1 aliphatic carbocycles. The highest BCUT2D eigenvalue weighted by atomic mass is 16.6. The number of fused-ring (bicyclic) bond motifs is 1. The minimum absolute atomic E-state index is 0.198. The summed E-state index contributed by atoms with van der Waals surface area (Å²) in [5, 5.41) is 0. The monoisotopic (exact) mass is 154 g/mol. The fourth-order valence-electron chi connectivity index (χ4n) is 2.72. The molecule has 2 aliphatic heterocycles. The highest BCUT2D eigenvalue weighted by Gasteiger charge is 2.70. The second kappa shape index (κ2) is 1.79. The van der Waals surface area contributed by atoms with E-state index >= 15 is 0 Å². The zero-order valence-corrected chi connectivity index (χ0v) is 6.65. The van der Waals surface area contributed by atoms with E-state index < -0.39 is 0 Å². The van der Waals surface area contributed by atoms with E-state index in [0.717, 1.165) is 13.1 Å². The van der Waals surface area contributed by atoms with Gasteiger partial charge in [-0.1, -0.05) is 12.8 Å². The van der Waals surface area contributed by atoms with Gasteiger partial charge in [-0.2, -0.15) is 0 Å². The molecule has 0 atom stereocenters. The fraction of sp³-hybridized carbons (Fsp3) is 1.00. The van der Waals surface area contributed by atoms with Gasteiger partial charge in [-0.15, -0.1) is 0 Å². The van der Waals surface area contributed by atoms with Crippen LogP contribution >= 0.6 is 0 Å². The van der Waals surface area contributed by atoms with Gasteiger partial charge < -0.3 is 4.74 Å². The Kier molecular flexibility index (Phi) is 1.04. The number of hydrogen-bond acceptors (Lipinski definition) is 3. The van der Waals surface area contributed by atoms with Crippen LogP contribution < -0.4 is 10.9 Å². The van der Waals surface area contributed by atoms with E-state index in [-0.39, 0.29) is 5.60 Å². The molecule has 0 aromatic rings. The molecule has 0 aromatic heterocycles. The average molecular weight is 154 g/mol. The van der Waals surface area contributed by atoms with Gasteiger partial charge in [-0.3, -0.25) is 10.9 Å². The van der Waals surface area contributed by atoms with Crippen molar-refractivity contribution in [2.45, 2.75) is 36.9 Å². The van der Waals surface area contributed by atoms with Crippen LogP contribution in [0.2, 0.25) is 0 Å². The molecule has 1 saturated carbocycles. The van der Waals surface area contributed by atoms with Gasteiger partial charge in [-0.05, 0) is 12.8 Å². The predicted octanol–water partition coefficient (Wildman–Crippen LogP) is 0.176. The Morgan fingerprint density at radius 1 is 0.909 bits per heavy atom. The molecule has 0 radical (unpaired) electrons. The second-order valence-electron chi connectivity index (χ2n) is 4.00. The zero-order chi connectivity index (χ0) is 7.36. The minimum atomic E-state index is 0.198. The predicted molar refractivity (Wildman–Crippen MR) is 41.0 cm³/mol. The van der Waals surface area contributed by atoms with Gasteiger partial charge in [0.05, 0.1) is 0 Å². The number of epoxide rings is 1. The molecular formula is C8H14N2O. The summed E-state index contributed by atoms with van der Waals surface area (Å²) in [7, 11) is 0. The zero-order valence-electron chi connectivity index (χ0n) is 6.65. The summed E-state index contributed by atoms with van der Waals surface area (Å²) in [5.74, 6) is 0. The second-order valence-corrected chi connectivity index (χ2v) is 4.00. The highest BCUT2D eigenvalue weighted by Crippen LogP contribution is 2.57. The van der Waals surface area contributed by atoms with E-state index in [9.17, 15) is 0 Å². The van der Waals surface area contributed by atoms with Crippen molar-refractivity contribution in [2.75, 3.05) is 13.1 Å². The Morgan fingerprint density at radius 3 is 2.18 bits per heavy atom. The molecule has 2 N–H and O–H groups in total. The maximum absolute atomic E-state index is 5.89. The van der Waals surface area contributed by atoms with Crippen LogP contribution in [0.1, 0.15) is 25.7 Å². The van der Waals surface area contributed by atoms with Crippen molar-refractivity contribution < 1.29 is 4.74 Å². The summed E-state index contributed by atoms with van der Waals surface area (Å²) in [4.78, 5) is 0. The van der Waals surface area contributed by atoms with Crippen LogP contribution in [0, 0.1) is 0 Å². The van der Waals surface area contributed by atoms with E-state index in [1.54, 1.807) is 0 Å². The van der Waals surface area contributed by atoms with Crippen LogP contribution in [0.25, 0.3) is 0 Å². The maximum atomic E-state index is 5.89. The Bertz CT molecular complexity index is 161. The number of hydrogen-bond donors (Lipinski definition) is 2. The molecule has 3 aliphatic rings. The summed E-state index contributed by atoms with van der Waals surface area (Å²) < 4.78 is 5.89. The molecule has 0 unspecified atom stereocenters. The Labute approximate surface area is 66.5 Å². The van der Waals surface area contributed by atoms with Crippen molar-refractivity contribution in [3.05, 3.63) is 0 Å². The lowest BCUT2D eigenvalue weighted by Gasteiger charge is -2.05. The number of hydrazine groups is 1. The van der Waals surface area contributed by atoms with Crippen LogP contribution in [-0.4, -0.2) is 24.3 Å². The first-order valence-corrected chi connectivity index (χ1v) is 4.53. The summed E-state index contributed by atoms with van der Waals surface area (Å²) in [6.07, 6.45) is 5.30. The van der Waals surface area contributed by atoms with E-state index in [1.165, 1.54) is 25.7 Å². The lowest BCUT2D eigenvalue weighted by molar-refractivity contribution is 0.274. The van der Waals surface area contributed by atoms with Crippen LogP contribution in [-0.2, 0) is 4.74 Å². The molecule has 3 heteroatoms. The molecule has 0 bridgehead atoms. The molecule has 3 nitrogen and oxygen atoms in total. The SMILES string of the molecule is C1CCC2(C1)OC21CNNC1. The molecule has 0 amide bonds. The van der Waals surface area contributed by atoms with E-state index in [1.807, 2.05) is 0 Å². The normalized spacial score (nSPS) is 37.1. The summed E-state index contributed by atoms with van der Waals surface area (Å²) in [5.41, 5.74) is 6.80. The summed E-state index contributed by atoms with van der Waals surface area (Å²) in [6, 6.07) is 0. The van der Waals surface area contributed by atoms with Gasteiger partial charge >= 0.3 is 0 Å². The quantitative estimate of drug-likeness (QED) is 0.488. The third-order valence-electron chi connectivity index (χ3n) is 3.46. The molecule has 2 spiro atoms. The van der Waals surface area contributed by atoms with Gasteiger partial charge in [-0.25, -0.2) is 0 Å². The highest BCUT2D eigenvalue weighted by molar-refractivity contribution is 5.21. The molecule has 3 rings (SSSR count). The standard InChI is InChI=1S/C8H14N2O/c1-2-4-7(3-1)8(11-7)5-9-10-6-8/h9-10H,1-6H2. The van der Waals surface area contributed by atoms with Crippen molar-refractivity contribution in [3.63, 3.8) is 0 Å². The molecular weight excluding hydrogens is 140 g/mol. The van der Waals surface area contributed by atoms with Gasteiger partial charge in [0.1, 0.15) is 11.2 Å². The molecule has 0 aromatic carbocycles. The van der Waals surface area contributed by atoms with Gasteiger partial charge in [0.15, 0.2) is 0 Å². The minimum Gasteiger partial charge on any atom is -0.360 e. The lowest BCUT2D eigenvalue weighted by Crippen LogP contribution is -2.28. The molecule has 2 saturated heterocycles. The number of rotatable bonds is 0. The van der Waals surface area contributed by atoms with Crippen LogP contribution in [0.3, 0.4) is 0 Å². The lowest BCUT2D eigenvalue weighted by atomic mass is 9.92. The Hall–Kier alpha value is -0.120. The Balaban J connectivity index is 1.83. The van der Waals surface area contributed by atoms with Crippen molar-refractivity contribution >= 4 is 0 Å². The van der Waals surface area contributed by atoms with E-state index in [0.29, 0.717) is 5.60 Å². The Morgan fingerprint density at radius 2 is 1.55 bits per heavy atom. The van der Waals surface area contributed by atoms with Gasteiger partial charge in [0.25, 0.3) is 0 Å². The summed E-state index contributed by atoms with van der Waals surface area (Å²) >= 11 is 0. The van der Waals surface area contributed by atoms with Crippen LogP contribution in [0.15, 0.2) is 0 Å². The number of ether oxygens (including phenoxy) is 1. The van der Waals surface area contributed by atoms with Crippen molar-refractivity contribution in [1.29, 1.82) is 0 Å². The maximum Gasteiger partial charge on any atom is 0.125 e. The van der Waals surface area contributed by atoms with Crippen LogP contribution in [0.5, 0.6) is 0 Å². The van der Waals surface area contributed by atoms with Crippen molar-refractivity contribution in [1.82, 2.24) is 10.9 Å². The van der Waals surface area contributed by atoms with Gasteiger partial charge in [0.2, 0.25) is 0 Å². The van der Waals surface area contributed by atoms with Crippen LogP contribution in [0.4, 0.5) is 0 Å². The first kappa shape index (κ1) is 6.40. The van der Waals surface area contributed by atoms with E-state index in [2.05, 4.69) is 10.9 Å². The smallest absolute Gasteiger partial charge is 0.125 e. The van der Waals surface area contributed by atoms with E-state index in [4.69, 9.17) is 4.74 Å². The first-order valence-electron chi connectivity index (χ1n) is 4.53.